The smallest absolute Gasteiger partial charge is 0.387 e. The van der Waals surface area contributed by atoms with Gasteiger partial charge in [0.25, 0.3) is 11.8 Å². The first-order chi connectivity index (χ1) is 13.9. The number of amides is 2. The molecule has 0 bridgehead atoms. The van der Waals surface area contributed by atoms with Crippen LogP contribution in [-0.4, -0.2) is 38.0 Å². The molecule has 0 atom stereocenters. The normalized spacial score (nSPS) is 10.6. The van der Waals surface area contributed by atoms with Crippen LogP contribution in [-0.2, 0) is 14.3 Å². The van der Waals surface area contributed by atoms with E-state index in [-0.39, 0.29) is 11.7 Å². The Morgan fingerprint density at radius 1 is 1.10 bits per heavy atom. The van der Waals surface area contributed by atoms with Gasteiger partial charge in [-0.3, -0.25) is 9.59 Å². The molecule has 0 saturated heterocycles. The first-order valence-electron chi connectivity index (χ1n) is 8.39. The van der Waals surface area contributed by atoms with Crippen molar-refractivity contribution in [2.75, 3.05) is 19.0 Å². The minimum Gasteiger partial charge on any atom is -0.452 e. The van der Waals surface area contributed by atoms with Crippen LogP contribution in [0.1, 0.15) is 15.9 Å². The van der Waals surface area contributed by atoms with Gasteiger partial charge in [-0.2, -0.15) is 8.78 Å². The average Bonchev–Trinajstić information content (AvgIpc) is 2.71. The highest BCUT2D eigenvalue weighted by Gasteiger charge is 2.08. The van der Waals surface area contributed by atoms with E-state index < -0.39 is 25.1 Å². The second-order valence-corrected chi connectivity index (χ2v) is 5.60. The van der Waals surface area contributed by atoms with Crippen molar-refractivity contribution in [2.45, 2.75) is 6.61 Å². The molecule has 2 aromatic rings. The number of rotatable bonds is 8. The Hall–Kier alpha value is -3.75. The van der Waals surface area contributed by atoms with Gasteiger partial charge in [0.05, 0.1) is 0 Å². The molecule has 0 aliphatic carbocycles. The van der Waals surface area contributed by atoms with Crippen molar-refractivity contribution in [1.29, 1.82) is 0 Å². The second-order valence-electron chi connectivity index (χ2n) is 5.60. The van der Waals surface area contributed by atoms with Gasteiger partial charge in [0, 0.05) is 24.4 Å². The minimum atomic E-state index is -2.91. The second kappa shape index (κ2) is 10.5. The lowest BCUT2D eigenvalue weighted by molar-refractivity contribution is -0.142. The Balaban J connectivity index is 1.82. The molecule has 29 heavy (non-hydrogen) atoms. The molecule has 2 rings (SSSR count). The summed E-state index contributed by atoms with van der Waals surface area (Å²) < 4.78 is 33.2. The topological polar surface area (TPSA) is 93.7 Å². The van der Waals surface area contributed by atoms with Gasteiger partial charge < -0.3 is 20.1 Å². The summed E-state index contributed by atoms with van der Waals surface area (Å²) in [5.41, 5.74) is 1.31. The van der Waals surface area contributed by atoms with Crippen LogP contribution >= 0.6 is 0 Å². The maximum absolute atomic E-state index is 12.1. The van der Waals surface area contributed by atoms with E-state index in [1.54, 1.807) is 18.2 Å². The summed E-state index contributed by atoms with van der Waals surface area (Å²) >= 11 is 0. The van der Waals surface area contributed by atoms with E-state index in [0.717, 1.165) is 6.08 Å². The van der Waals surface area contributed by atoms with Crippen LogP contribution in [0.2, 0.25) is 0 Å². The van der Waals surface area contributed by atoms with Crippen LogP contribution in [0.15, 0.2) is 54.6 Å². The van der Waals surface area contributed by atoms with Crippen molar-refractivity contribution < 1.29 is 32.6 Å². The summed E-state index contributed by atoms with van der Waals surface area (Å²) in [6.45, 7) is -3.43. The number of nitrogens with one attached hydrogen (secondary N) is 2. The molecule has 2 aromatic carbocycles. The molecule has 9 heteroatoms. The fraction of sp³-hybridized carbons (Fsp3) is 0.150. The number of carbonyl (C=O) groups is 3. The third-order valence-electron chi connectivity index (χ3n) is 3.50. The zero-order valence-electron chi connectivity index (χ0n) is 15.4. The Labute approximate surface area is 165 Å². The summed E-state index contributed by atoms with van der Waals surface area (Å²) in [5.74, 6) is -1.63. The number of benzene rings is 2. The van der Waals surface area contributed by atoms with Crippen LogP contribution < -0.4 is 15.4 Å². The highest BCUT2D eigenvalue weighted by molar-refractivity contribution is 5.98. The maximum Gasteiger partial charge on any atom is 0.387 e. The fourth-order valence-corrected chi connectivity index (χ4v) is 2.19. The molecule has 0 spiro atoms. The molecule has 0 aromatic heterocycles. The summed E-state index contributed by atoms with van der Waals surface area (Å²) in [7, 11) is 1.49. The first kappa shape index (κ1) is 21.5. The molecule has 152 valence electrons. The lowest BCUT2D eigenvalue weighted by atomic mass is 10.2. The maximum atomic E-state index is 12.1. The lowest BCUT2D eigenvalue weighted by Crippen LogP contribution is -2.21. The number of esters is 1. The summed E-state index contributed by atoms with van der Waals surface area (Å²) in [4.78, 5) is 35.2. The predicted molar refractivity (Wildman–Crippen MR) is 102 cm³/mol. The molecular weight excluding hydrogens is 386 g/mol. The van der Waals surface area contributed by atoms with E-state index in [0.29, 0.717) is 16.8 Å². The molecular formula is C20H18F2N2O5. The molecule has 7 nitrogen and oxygen atoms in total. The molecule has 0 aliphatic rings. The van der Waals surface area contributed by atoms with Crippen molar-refractivity contribution in [3.63, 3.8) is 0 Å². The van der Waals surface area contributed by atoms with E-state index in [9.17, 15) is 23.2 Å². The predicted octanol–water partition coefficient (Wildman–Crippen LogP) is 2.84. The molecule has 2 amide bonds. The molecule has 0 fully saturated rings. The quantitative estimate of drug-likeness (QED) is 0.521. The first-order valence-corrected chi connectivity index (χ1v) is 8.39. The Bertz CT molecular complexity index is 898. The molecule has 2 N–H and O–H groups in total. The van der Waals surface area contributed by atoms with Gasteiger partial charge in [0.15, 0.2) is 6.61 Å². The molecule has 0 saturated carbocycles. The van der Waals surface area contributed by atoms with Crippen LogP contribution in [0.5, 0.6) is 5.75 Å². The highest BCUT2D eigenvalue weighted by atomic mass is 19.3. The SMILES string of the molecule is CNC(=O)c1cccc(NC(=O)COC(=O)/C=C/c2ccc(OC(F)F)cc2)c1. The van der Waals surface area contributed by atoms with Gasteiger partial charge >= 0.3 is 12.6 Å². The Morgan fingerprint density at radius 2 is 1.83 bits per heavy atom. The van der Waals surface area contributed by atoms with Crippen molar-refractivity contribution in [3.05, 3.63) is 65.7 Å². The largest absolute Gasteiger partial charge is 0.452 e. The fourth-order valence-electron chi connectivity index (χ4n) is 2.19. The Kier molecular flexibility index (Phi) is 7.84. The van der Waals surface area contributed by atoms with Gasteiger partial charge in [-0.1, -0.05) is 18.2 Å². The van der Waals surface area contributed by atoms with Crippen LogP contribution in [0.3, 0.4) is 0 Å². The Morgan fingerprint density at radius 3 is 2.48 bits per heavy atom. The zero-order chi connectivity index (χ0) is 21.2. The molecule has 0 unspecified atom stereocenters. The molecule has 0 radical (unpaired) electrons. The van der Waals surface area contributed by atoms with E-state index in [1.165, 1.54) is 43.5 Å². The van der Waals surface area contributed by atoms with Gasteiger partial charge in [0.2, 0.25) is 0 Å². The highest BCUT2D eigenvalue weighted by Crippen LogP contribution is 2.15. The van der Waals surface area contributed by atoms with Crippen LogP contribution in [0, 0.1) is 0 Å². The lowest BCUT2D eigenvalue weighted by Gasteiger charge is -2.07. The average molecular weight is 404 g/mol. The van der Waals surface area contributed by atoms with E-state index >= 15 is 0 Å². The summed E-state index contributed by atoms with van der Waals surface area (Å²) in [5, 5.41) is 4.99. The van der Waals surface area contributed by atoms with E-state index in [1.807, 2.05) is 0 Å². The minimum absolute atomic E-state index is 0.00288. The number of hydrogen-bond donors (Lipinski definition) is 2. The van der Waals surface area contributed by atoms with Crippen molar-refractivity contribution in [3.8, 4) is 5.75 Å². The number of anilines is 1. The molecule has 0 aliphatic heterocycles. The number of halogens is 2. The van der Waals surface area contributed by atoms with Gasteiger partial charge in [-0.15, -0.1) is 0 Å². The number of alkyl halides is 2. The van der Waals surface area contributed by atoms with E-state index in [4.69, 9.17) is 4.74 Å². The standard InChI is InChI=1S/C20H18F2N2O5/c1-23-19(27)14-3-2-4-15(11-14)24-17(25)12-28-18(26)10-7-13-5-8-16(9-6-13)29-20(21)22/h2-11,20H,12H2,1H3,(H,23,27)(H,24,25)/b10-7+. The van der Waals surface area contributed by atoms with Gasteiger partial charge in [-0.25, -0.2) is 4.79 Å². The van der Waals surface area contributed by atoms with Crippen molar-refractivity contribution in [1.82, 2.24) is 5.32 Å². The third kappa shape index (κ3) is 7.41. The number of carbonyl (C=O) groups excluding carboxylic acids is 3. The zero-order valence-corrected chi connectivity index (χ0v) is 15.4. The van der Waals surface area contributed by atoms with Crippen LogP contribution in [0.4, 0.5) is 14.5 Å². The summed E-state index contributed by atoms with van der Waals surface area (Å²) in [6.07, 6.45) is 2.50. The van der Waals surface area contributed by atoms with Crippen molar-refractivity contribution in [2.24, 2.45) is 0 Å². The number of hydrogen-bond acceptors (Lipinski definition) is 5. The summed E-state index contributed by atoms with van der Waals surface area (Å²) in [6, 6.07) is 11.9. The third-order valence-corrected chi connectivity index (χ3v) is 3.50. The van der Waals surface area contributed by atoms with Gasteiger partial charge in [0.1, 0.15) is 5.75 Å². The molecule has 0 heterocycles. The number of ether oxygens (including phenoxy) is 2. The monoisotopic (exact) mass is 404 g/mol. The van der Waals surface area contributed by atoms with E-state index in [2.05, 4.69) is 15.4 Å². The van der Waals surface area contributed by atoms with Crippen molar-refractivity contribution >= 4 is 29.5 Å². The van der Waals surface area contributed by atoms with Crippen LogP contribution in [0.25, 0.3) is 6.08 Å². The van der Waals surface area contributed by atoms with Gasteiger partial charge in [-0.05, 0) is 42.0 Å².